The van der Waals surface area contributed by atoms with E-state index in [1.54, 1.807) is 13.2 Å². The smallest absolute Gasteiger partial charge is 0.182 e. The Morgan fingerprint density at radius 3 is 2.86 bits per heavy atom. The summed E-state index contributed by atoms with van der Waals surface area (Å²) < 4.78 is 27.2. The number of hydrogen-bond acceptors (Lipinski definition) is 3. The minimum absolute atomic E-state index is 0.345. The van der Waals surface area contributed by atoms with Gasteiger partial charge in [-0.2, -0.15) is 0 Å². The van der Waals surface area contributed by atoms with Crippen molar-refractivity contribution in [1.82, 2.24) is 9.55 Å². The summed E-state index contributed by atoms with van der Waals surface area (Å²) in [5, 5.41) is 0. The van der Waals surface area contributed by atoms with Crippen LogP contribution in [-0.2, 0) is 4.74 Å². The van der Waals surface area contributed by atoms with Crippen LogP contribution in [0.15, 0.2) is 22.8 Å². The molecule has 1 fully saturated rings. The topological polar surface area (TPSA) is 39.2 Å². The molecule has 0 spiro atoms. The molecule has 7 heteroatoms. The number of benzene rings is 1. The van der Waals surface area contributed by atoms with Gasteiger partial charge in [0.05, 0.1) is 16.8 Å². The number of ether oxygens (including phenoxy) is 2. The second-order valence-corrected chi connectivity index (χ2v) is 6.48. The average Bonchev–Trinajstić information content (AvgIpc) is 3.26. The third kappa shape index (κ3) is 3.26. The summed E-state index contributed by atoms with van der Waals surface area (Å²) in [4.78, 5) is 3.22. The molecule has 0 saturated heterocycles. The van der Waals surface area contributed by atoms with Crippen LogP contribution in [0.2, 0.25) is 0 Å². The maximum atomic E-state index is 13.8. The van der Waals surface area contributed by atoms with Crippen molar-refractivity contribution in [2.45, 2.75) is 18.8 Å². The number of nitrogens with one attached hydrogen (secondary N) is 1. The SMILES string of the molecule is COCCOc1cc(F)c(Br)cc1-n1cc(C2CC2)[nH]c1=S. The van der Waals surface area contributed by atoms with Gasteiger partial charge in [0.2, 0.25) is 0 Å². The molecule has 4 nitrogen and oxygen atoms in total. The standard InChI is InChI=1S/C15H16BrFN2O2S/c1-20-4-5-21-14-7-11(17)10(16)6-13(14)19-8-12(9-2-3-9)18-15(19)22/h6-9H,2-5H2,1H3,(H,18,22). The summed E-state index contributed by atoms with van der Waals surface area (Å²) in [6, 6.07) is 3.04. The first-order valence-corrected chi connectivity index (χ1v) is 8.23. The van der Waals surface area contributed by atoms with Gasteiger partial charge >= 0.3 is 0 Å². The van der Waals surface area contributed by atoms with Crippen molar-refractivity contribution in [3.8, 4) is 11.4 Å². The van der Waals surface area contributed by atoms with E-state index in [0.29, 0.717) is 39.8 Å². The highest BCUT2D eigenvalue weighted by atomic mass is 79.9. The third-order valence-corrected chi connectivity index (χ3v) is 4.47. The van der Waals surface area contributed by atoms with Crippen molar-refractivity contribution in [3.05, 3.63) is 39.1 Å². The van der Waals surface area contributed by atoms with Gasteiger partial charge in [-0.15, -0.1) is 0 Å². The zero-order valence-electron chi connectivity index (χ0n) is 12.1. The van der Waals surface area contributed by atoms with E-state index in [4.69, 9.17) is 21.7 Å². The molecule has 1 aliphatic rings. The molecule has 1 saturated carbocycles. The highest BCUT2D eigenvalue weighted by molar-refractivity contribution is 9.10. The second kappa shape index (κ2) is 6.52. The van der Waals surface area contributed by atoms with E-state index in [0.717, 1.165) is 5.69 Å². The molecular weight excluding hydrogens is 371 g/mol. The molecule has 1 heterocycles. The number of nitrogens with zero attached hydrogens (tertiary/aromatic N) is 1. The molecule has 0 atom stereocenters. The van der Waals surface area contributed by atoms with Gasteiger partial charge in [0.15, 0.2) is 4.77 Å². The van der Waals surface area contributed by atoms with Crippen LogP contribution in [0.3, 0.4) is 0 Å². The van der Waals surface area contributed by atoms with Crippen molar-refractivity contribution >= 4 is 28.1 Å². The molecule has 0 amide bonds. The fourth-order valence-electron chi connectivity index (χ4n) is 2.25. The molecular formula is C15H16BrFN2O2S. The lowest BCUT2D eigenvalue weighted by atomic mass is 10.2. The second-order valence-electron chi connectivity index (χ2n) is 5.23. The Morgan fingerprint density at radius 1 is 1.41 bits per heavy atom. The van der Waals surface area contributed by atoms with E-state index in [2.05, 4.69) is 20.9 Å². The van der Waals surface area contributed by atoms with Gasteiger partial charge in [0.25, 0.3) is 0 Å². The van der Waals surface area contributed by atoms with Crippen molar-refractivity contribution in [1.29, 1.82) is 0 Å². The van der Waals surface area contributed by atoms with E-state index < -0.39 is 0 Å². The summed E-state index contributed by atoms with van der Waals surface area (Å²) in [7, 11) is 1.59. The normalized spacial score (nSPS) is 14.3. The molecule has 1 N–H and O–H groups in total. The quantitative estimate of drug-likeness (QED) is 0.592. The number of H-pyrrole nitrogens is 1. The molecule has 118 valence electrons. The molecule has 0 unspecified atom stereocenters. The van der Waals surface area contributed by atoms with Gasteiger partial charge in [-0.05, 0) is 47.1 Å². The number of imidazole rings is 1. The summed E-state index contributed by atoms with van der Waals surface area (Å²) >= 11 is 8.61. The maximum absolute atomic E-state index is 13.8. The first-order valence-electron chi connectivity index (χ1n) is 7.03. The molecule has 1 aliphatic carbocycles. The third-order valence-electron chi connectivity index (χ3n) is 3.56. The minimum Gasteiger partial charge on any atom is -0.489 e. The van der Waals surface area contributed by atoms with Crippen molar-refractivity contribution in [2.75, 3.05) is 20.3 Å². The van der Waals surface area contributed by atoms with Gasteiger partial charge in [-0.25, -0.2) is 4.39 Å². The number of rotatable bonds is 6. The Bertz CT molecular complexity index is 740. The van der Waals surface area contributed by atoms with Crippen LogP contribution < -0.4 is 4.74 Å². The summed E-state index contributed by atoms with van der Waals surface area (Å²) in [6.45, 7) is 0.779. The number of hydrogen-bond donors (Lipinski definition) is 1. The Balaban J connectivity index is 2.00. The number of aromatic amines is 1. The molecule has 3 rings (SSSR count). The zero-order valence-corrected chi connectivity index (χ0v) is 14.5. The van der Waals surface area contributed by atoms with Gasteiger partial charge < -0.3 is 14.5 Å². The number of aromatic nitrogens is 2. The van der Waals surface area contributed by atoms with Crippen molar-refractivity contribution in [2.24, 2.45) is 0 Å². The highest BCUT2D eigenvalue weighted by Crippen LogP contribution is 2.40. The van der Waals surface area contributed by atoms with Gasteiger partial charge in [0.1, 0.15) is 18.2 Å². The molecule has 1 aromatic heterocycles. The zero-order chi connectivity index (χ0) is 15.7. The van der Waals surface area contributed by atoms with Crippen LogP contribution in [0.4, 0.5) is 4.39 Å². The molecule has 0 radical (unpaired) electrons. The van der Waals surface area contributed by atoms with E-state index >= 15 is 0 Å². The number of halogens is 2. The molecule has 2 aromatic rings. The van der Waals surface area contributed by atoms with Crippen LogP contribution in [0, 0.1) is 10.6 Å². The largest absolute Gasteiger partial charge is 0.489 e. The summed E-state index contributed by atoms with van der Waals surface area (Å²) in [6.07, 6.45) is 4.34. The fraction of sp³-hybridized carbons (Fsp3) is 0.400. The predicted octanol–water partition coefficient (Wildman–Crippen LogP) is 4.34. The Labute approximate surface area is 141 Å². The van der Waals surface area contributed by atoms with Crippen LogP contribution in [0.5, 0.6) is 5.75 Å². The lowest BCUT2D eigenvalue weighted by Gasteiger charge is -2.13. The van der Waals surface area contributed by atoms with E-state index in [9.17, 15) is 4.39 Å². The lowest BCUT2D eigenvalue weighted by molar-refractivity contribution is 0.146. The fourth-order valence-corrected chi connectivity index (χ4v) is 2.85. The molecule has 0 aliphatic heterocycles. The lowest BCUT2D eigenvalue weighted by Crippen LogP contribution is -2.07. The molecule has 22 heavy (non-hydrogen) atoms. The van der Waals surface area contributed by atoms with Crippen LogP contribution in [0.1, 0.15) is 24.5 Å². The van der Waals surface area contributed by atoms with Gasteiger partial charge in [-0.1, -0.05) is 0 Å². The Hall–Kier alpha value is -1.18. The van der Waals surface area contributed by atoms with E-state index in [1.807, 2.05) is 10.8 Å². The maximum Gasteiger partial charge on any atom is 0.182 e. The van der Waals surface area contributed by atoms with Gasteiger partial charge in [0, 0.05) is 31.0 Å². The minimum atomic E-state index is -0.374. The highest BCUT2D eigenvalue weighted by Gasteiger charge is 2.26. The molecule has 1 aromatic carbocycles. The first kappa shape index (κ1) is 15.7. The number of methoxy groups -OCH3 is 1. The predicted molar refractivity (Wildman–Crippen MR) is 88.0 cm³/mol. The van der Waals surface area contributed by atoms with Crippen molar-refractivity contribution in [3.63, 3.8) is 0 Å². The molecule has 0 bridgehead atoms. The van der Waals surface area contributed by atoms with Crippen LogP contribution in [-0.4, -0.2) is 29.9 Å². The first-order chi connectivity index (χ1) is 10.6. The summed E-state index contributed by atoms with van der Waals surface area (Å²) in [5.41, 5.74) is 1.82. The van der Waals surface area contributed by atoms with E-state index in [1.165, 1.54) is 18.9 Å². The Kier molecular flexibility index (Phi) is 4.65. The van der Waals surface area contributed by atoms with Crippen LogP contribution in [0.25, 0.3) is 5.69 Å². The summed E-state index contributed by atoms with van der Waals surface area (Å²) in [5.74, 6) is 0.625. The van der Waals surface area contributed by atoms with Gasteiger partial charge in [-0.3, -0.25) is 4.57 Å². The monoisotopic (exact) mass is 386 g/mol. The Morgan fingerprint density at radius 2 is 2.18 bits per heavy atom. The van der Waals surface area contributed by atoms with E-state index in [-0.39, 0.29) is 5.82 Å². The van der Waals surface area contributed by atoms with Crippen LogP contribution >= 0.6 is 28.1 Å². The van der Waals surface area contributed by atoms with Crippen molar-refractivity contribution < 1.29 is 13.9 Å². The average molecular weight is 387 g/mol.